The van der Waals surface area contributed by atoms with Gasteiger partial charge < -0.3 is 10.5 Å². The number of rotatable bonds is 2. The van der Waals surface area contributed by atoms with Crippen LogP contribution in [-0.2, 0) is 4.74 Å². The van der Waals surface area contributed by atoms with Crippen LogP contribution >= 0.6 is 0 Å². The monoisotopic (exact) mass is 250 g/mol. The number of hydrogen-bond donors (Lipinski definition) is 3. The van der Waals surface area contributed by atoms with Gasteiger partial charge in [-0.25, -0.2) is 10.5 Å². The highest BCUT2D eigenvalue weighted by Gasteiger charge is 2.20. The van der Waals surface area contributed by atoms with E-state index in [1.54, 1.807) is 6.33 Å². The number of nitrogens with zero attached hydrogens (tertiary/aromatic N) is 4. The molecule has 1 aliphatic rings. The molecule has 1 aliphatic heterocycles. The van der Waals surface area contributed by atoms with Crippen molar-refractivity contribution in [2.45, 2.75) is 25.5 Å². The summed E-state index contributed by atoms with van der Waals surface area (Å²) in [4.78, 5) is 12.2. The Morgan fingerprint density at radius 2 is 2.33 bits per heavy atom. The van der Waals surface area contributed by atoms with Crippen LogP contribution < -0.4 is 11.2 Å². The van der Waals surface area contributed by atoms with Gasteiger partial charge >= 0.3 is 0 Å². The Hall–Kier alpha value is -1.93. The minimum Gasteiger partial charge on any atom is -0.382 e. The molecule has 1 atom stereocenters. The van der Waals surface area contributed by atoms with Crippen molar-refractivity contribution in [2.75, 3.05) is 17.8 Å². The van der Waals surface area contributed by atoms with Crippen molar-refractivity contribution in [1.29, 1.82) is 0 Å². The third-order valence-electron chi connectivity index (χ3n) is 3.01. The fourth-order valence-electron chi connectivity index (χ4n) is 2.14. The van der Waals surface area contributed by atoms with E-state index in [1.807, 2.05) is 10.0 Å². The van der Waals surface area contributed by atoms with Gasteiger partial charge in [0, 0.05) is 6.61 Å². The summed E-state index contributed by atoms with van der Waals surface area (Å²) in [7, 11) is 0. The lowest BCUT2D eigenvalue weighted by molar-refractivity contribution is -0.0298. The molecule has 0 aromatic carbocycles. The molecule has 1 unspecified atom stereocenters. The summed E-state index contributed by atoms with van der Waals surface area (Å²) in [6.07, 6.45) is 4.66. The Morgan fingerprint density at radius 3 is 3.06 bits per heavy atom. The Balaban J connectivity index is 2.09. The van der Waals surface area contributed by atoms with Gasteiger partial charge in [0.25, 0.3) is 5.95 Å². The number of imidazole rings is 1. The molecule has 3 rings (SSSR count). The molecule has 0 aliphatic carbocycles. The molecular weight excluding hydrogens is 236 g/mol. The van der Waals surface area contributed by atoms with Crippen LogP contribution in [0.3, 0.4) is 0 Å². The standard InChI is InChI=1S/C10H14N6O2/c11-8-7-9(14-10(13-8)15-17)16(5-12-7)6-3-1-2-4-18-6/h5-6,17H,1-4H2,(H3,11,13,14,15). The predicted molar refractivity (Wildman–Crippen MR) is 64.0 cm³/mol. The third-order valence-corrected chi connectivity index (χ3v) is 3.01. The molecule has 8 nitrogen and oxygen atoms in total. The molecule has 8 heteroatoms. The minimum absolute atomic E-state index is 0.0533. The highest BCUT2D eigenvalue weighted by Crippen LogP contribution is 2.27. The molecule has 1 saturated heterocycles. The summed E-state index contributed by atoms with van der Waals surface area (Å²) in [6.45, 7) is 0.732. The van der Waals surface area contributed by atoms with Crippen LogP contribution in [0.1, 0.15) is 25.5 Å². The van der Waals surface area contributed by atoms with Crippen LogP contribution in [0.5, 0.6) is 0 Å². The highest BCUT2D eigenvalue weighted by molar-refractivity contribution is 5.82. The van der Waals surface area contributed by atoms with Crippen LogP contribution in [0.25, 0.3) is 11.2 Å². The van der Waals surface area contributed by atoms with Crippen molar-refractivity contribution in [1.82, 2.24) is 19.5 Å². The Bertz CT molecular complexity index is 563. The first-order valence-electron chi connectivity index (χ1n) is 5.81. The zero-order valence-electron chi connectivity index (χ0n) is 9.70. The maximum Gasteiger partial charge on any atom is 0.251 e. The summed E-state index contributed by atoms with van der Waals surface area (Å²) < 4.78 is 7.51. The van der Waals surface area contributed by atoms with Gasteiger partial charge in [-0.05, 0) is 19.3 Å². The van der Waals surface area contributed by atoms with Gasteiger partial charge in [-0.1, -0.05) is 0 Å². The quantitative estimate of drug-likeness (QED) is 0.679. The van der Waals surface area contributed by atoms with Crippen molar-refractivity contribution >= 4 is 22.9 Å². The molecule has 18 heavy (non-hydrogen) atoms. The number of nitrogens with one attached hydrogen (secondary N) is 1. The molecule has 0 saturated carbocycles. The predicted octanol–water partition coefficient (Wildman–Crippen LogP) is 0.909. The van der Waals surface area contributed by atoms with E-state index < -0.39 is 0 Å². The van der Waals surface area contributed by atoms with Crippen molar-refractivity contribution < 1.29 is 9.94 Å². The van der Waals surface area contributed by atoms with Crippen LogP contribution in [-0.4, -0.2) is 31.3 Å². The molecule has 96 valence electrons. The zero-order chi connectivity index (χ0) is 12.5. The Kier molecular flexibility index (Phi) is 2.73. The normalized spacial score (nSPS) is 20.2. The molecule has 2 aromatic rings. The van der Waals surface area contributed by atoms with E-state index in [1.165, 1.54) is 0 Å². The lowest BCUT2D eigenvalue weighted by atomic mass is 10.2. The molecule has 0 spiro atoms. The van der Waals surface area contributed by atoms with E-state index in [0.29, 0.717) is 11.2 Å². The van der Waals surface area contributed by atoms with Gasteiger partial charge in [0.05, 0.1) is 6.33 Å². The summed E-state index contributed by atoms with van der Waals surface area (Å²) in [6, 6.07) is 0. The number of fused-ring (bicyclic) bond motifs is 1. The molecular formula is C10H14N6O2. The van der Waals surface area contributed by atoms with Crippen molar-refractivity contribution in [3.63, 3.8) is 0 Å². The first-order valence-corrected chi connectivity index (χ1v) is 5.81. The van der Waals surface area contributed by atoms with E-state index >= 15 is 0 Å². The summed E-state index contributed by atoms with van der Waals surface area (Å²) in [5, 5.41) is 8.87. The zero-order valence-corrected chi connectivity index (χ0v) is 9.70. The number of hydrogen-bond acceptors (Lipinski definition) is 7. The average molecular weight is 250 g/mol. The summed E-state index contributed by atoms with van der Waals surface area (Å²) in [5.74, 6) is 0.281. The summed E-state index contributed by atoms with van der Waals surface area (Å²) in [5.41, 5.74) is 8.73. The second-order valence-electron chi connectivity index (χ2n) is 4.19. The lowest BCUT2D eigenvalue weighted by Gasteiger charge is -2.23. The molecule has 1 fully saturated rings. The van der Waals surface area contributed by atoms with Gasteiger partial charge in [-0.15, -0.1) is 0 Å². The molecule has 0 amide bonds. The van der Waals surface area contributed by atoms with E-state index in [9.17, 15) is 0 Å². The molecule has 0 bridgehead atoms. The molecule has 0 radical (unpaired) electrons. The van der Waals surface area contributed by atoms with Crippen LogP contribution in [0.15, 0.2) is 6.33 Å². The maximum atomic E-state index is 8.87. The summed E-state index contributed by atoms with van der Waals surface area (Å²) >= 11 is 0. The van der Waals surface area contributed by atoms with E-state index in [2.05, 4.69) is 15.0 Å². The van der Waals surface area contributed by atoms with Gasteiger partial charge in [-0.2, -0.15) is 9.97 Å². The molecule has 4 N–H and O–H groups in total. The smallest absolute Gasteiger partial charge is 0.251 e. The SMILES string of the molecule is Nc1nc(NO)nc2c1ncn2C1CCCCO1. The second-order valence-corrected chi connectivity index (χ2v) is 4.19. The Labute approximate surface area is 103 Å². The van der Waals surface area contributed by atoms with Crippen LogP contribution in [0, 0.1) is 0 Å². The average Bonchev–Trinajstić information content (AvgIpc) is 2.84. The van der Waals surface area contributed by atoms with Gasteiger partial charge in [0.15, 0.2) is 11.5 Å². The van der Waals surface area contributed by atoms with Crippen molar-refractivity contribution in [3.8, 4) is 0 Å². The first-order chi connectivity index (χ1) is 8.79. The largest absolute Gasteiger partial charge is 0.382 e. The van der Waals surface area contributed by atoms with Crippen LogP contribution in [0.2, 0.25) is 0 Å². The van der Waals surface area contributed by atoms with Gasteiger partial charge in [-0.3, -0.25) is 9.77 Å². The van der Waals surface area contributed by atoms with Crippen LogP contribution in [0.4, 0.5) is 11.8 Å². The van der Waals surface area contributed by atoms with E-state index in [-0.39, 0.29) is 18.0 Å². The first kappa shape index (κ1) is 11.2. The second kappa shape index (κ2) is 4.39. The fourth-order valence-corrected chi connectivity index (χ4v) is 2.14. The van der Waals surface area contributed by atoms with Gasteiger partial charge in [0.1, 0.15) is 11.7 Å². The number of nitrogen functional groups attached to an aromatic ring is 1. The third kappa shape index (κ3) is 1.75. The maximum absolute atomic E-state index is 8.87. The van der Waals surface area contributed by atoms with E-state index in [4.69, 9.17) is 15.7 Å². The highest BCUT2D eigenvalue weighted by atomic mass is 16.5. The molecule has 3 heterocycles. The number of ether oxygens (including phenoxy) is 1. The topological polar surface area (TPSA) is 111 Å². The van der Waals surface area contributed by atoms with Gasteiger partial charge in [0.2, 0.25) is 0 Å². The Morgan fingerprint density at radius 1 is 1.44 bits per heavy atom. The van der Waals surface area contributed by atoms with Crippen molar-refractivity contribution in [3.05, 3.63) is 6.33 Å². The lowest BCUT2D eigenvalue weighted by Crippen LogP contribution is -2.18. The number of aromatic nitrogens is 4. The number of anilines is 2. The molecule has 2 aromatic heterocycles. The van der Waals surface area contributed by atoms with Crippen molar-refractivity contribution in [2.24, 2.45) is 0 Å². The number of nitrogens with two attached hydrogens (primary N) is 1. The minimum atomic E-state index is -0.0791. The van der Waals surface area contributed by atoms with E-state index in [0.717, 1.165) is 25.9 Å². The fraction of sp³-hybridized carbons (Fsp3) is 0.500.